The number of phenolic OH excluding ortho intramolecular Hbond substituents is 2. The molecule has 3 aromatic carbocycles. The molecule has 0 atom stereocenters. The molecule has 0 unspecified atom stereocenters. The van der Waals surface area contributed by atoms with Gasteiger partial charge in [0, 0.05) is 0 Å². The summed E-state index contributed by atoms with van der Waals surface area (Å²) in [7, 11) is 0. The van der Waals surface area contributed by atoms with Crippen LogP contribution in [0.15, 0.2) is 78.9 Å². The predicted molar refractivity (Wildman–Crippen MR) is 88.6 cm³/mol. The molecule has 0 heterocycles. The molecule has 0 aliphatic rings. The fourth-order valence-corrected chi connectivity index (χ4v) is 1.89. The molecule has 3 rings (SSSR count). The molecule has 0 amide bonds. The normalized spacial score (nSPS) is 9.57. The van der Waals surface area contributed by atoms with E-state index >= 15 is 0 Å². The third-order valence-corrected chi connectivity index (χ3v) is 3.09. The molecule has 0 fully saturated rings. The van der Waals surface area contributed by atoms with Gasteiger partial charge in [-0.3, -0.25) is 0 Å². The van der Waals surface area contributed by atoms with Crippen LogP contribution in [0.4, 0.5) is 0 Å². The first-order valence-electron chi connectivity index (χ1n) is 6.93. The molecule has 0 bridgehead atoms. The summed E-state index contributed by atoms with van der Waals surface area (Å²) in [6.07, 6.45) is 0. The van der Waals surface area contributed by atoms with Crippen LogP contribution in [0.2, 0.25) is 0 Å². The van der Waals surface area contributed by atoms with E-state index in [0.717, 1.165) is 5.56 Å². The average molecular weight is 308 g/mol. The van der Waals surface area contributed by atoms with Crippen LogP contribution in [-0.2, 0) is 0 Å². The Balaban J connectivity index is 0.000000174. The second-order valence-corrected chi connectivity index (χ2v) is 4.76. The minimum Gasteiger partial charge on any atom is -0.508 e. The van der Waals surface area contributed by atoms with E-state index in [1.807, 2.05) is 42.5 Å². The maximum atomic E-state index is 10.2. The lowest BCUT2D eigenvalue weighted by Gasteiger charge is -2.00. The number of carboxylic acids is 1. The van der Waals surface area contributed by atoms with Crippen molar-refractivity contribution in [1.82, 2.24) is 0 Å². The minimum absolute atomic E-state index is 0.0741. The van der Waals surface area contributed by atoms with Gasteiger partial charge in [0.15, 0.2) is 0 Å². The highest BCUT2D eigenvalue weighted by Gasteiger charge is 1.99. The molecule has 0 spiro atoms. The summed E-state index contributed by atoms with van der Waals surface area (Å²) >= 11 is 0. The number of hydrogen-bond donors (Lipinski definition) is 3. The van der Waals surface area contributed by atoms with E-state index in [1.165, 1.54) is 29.8 Å². The van der Waals surface area contributed by atoms with Crippen molar-refractivity contribution in [2.45, 2.75) is 0 Å². The summed E-state index contributed by atoms with van der Waals surface area (Å²) in [6.45, 7) is 0. The van der Waals surface area contributed by atoms with Crippen LogP contribution < -0.4 is 0 Å². The quantitative estimate of drug-likeness (QED) is 0.664. The van der Waals surface area contributed by atoms with Gasteiger partial charge in [0.05, 0.1) is 5.56 Å². The molecule has 116 valence electrons. The molecule has 0 aromatic heterocycles. The first kappa shape index (κ1) is 16.1. The van der Waals surface area contributed by atoms with Crippen molar-refractivity contribution in [3.63, 3.8) is 0 Å². The van der Waals surface area contributed by atoms with Crippen LogP contribution in [0.3, 0.4) is 0 Å². The van der Waals surface area contributed by atoms with Gasteiger partial charge in [0.1, 0.15) is 11.5 Å². The summed E-state index contributed by atoms with van der Waals surface area (Å²) < 4.78 is 0. The van der Waals surface area contributed by atoms with Crippen molar-refractivity contribution in [3.8, 4) is 22.6 Å². The average Bonchev–Trinajstić information content (AvgIpc) is 2.57. The van der Waals surface area contributed by atoms with E-state index in [0.29, 0.717) is 5.75 Å². The van der Waals surface area contributed by atoms with Gasteiger partial charge in [-0.1, -0.05) is 42.5 Å². The molecule has 0 radical (unpaired) electrons. The molecule has 0 aliphatic heterocycles. The Kier molecular flexibility index (Phi) is 5.36. The Morgan fingerprint density at radius 2 is 1.04 bits per heavy atom. The van der Waals surface area contributed by atoms with Crippen molar-refractivity contribution >= 4 is 5.97 Å². The van der Waals surface area contributed by atoms with Crippen LogP contribution in [-0.4, -0.2) is 21.3 Å². The number of aromatic hydroxyl groups is 2. The number of carboxylic acid groups (broad SMARTS) is 1. The second-order valence-electron chi connectivity index (χ2n) is 4.76. The predicted octanol–water partition coefficient (Wildman–Crippen LogP) is 4.15. The number of rotatable bonds is 2. The zero-order chi connectivity index (χ0) is 16.7. The van der Waals surface area contributed by atoms with Crippen molar-refractivity contribution in [3.05, 3.63) is 84.4 Å². The Morgan fingerprint density at radius 1 is 0.609 bits per heavy atom. The fourth-order valence-electron chi connectivity index (χ4n) is 1.89. The Hall–Kier alpha value is -3.27. The number of phenols is 2. The van der Waals surface area contributed by atoms with Crippen LogP contribution in [0.1, 0.15) is 10.4 Å². The second kappa shape index (κ2) is 7.66. The van der Waals surface area contributed by atoms with E-state index in [-0.39, 0.29) is 11.3 Å². The van der Waals surface area contributed by atoms with Gasteiger partial charge in [0.25, 0.3) is 0 Å². The highest BCUT2D eigenvalue weighted by Crippen LogP contribution is 2.20. The van der Waals surface area contributed by atoms with Crippen LogP contribution in [0.5, 0.6) is 11.5 Å². The molecule has 0 saturated carbocycles. The largest absolute Gasteiger partial charge is 0.508 e. The molecule has 3 N–H and O–H groups in total. The maximum absolute atomic E-state index is 10.2. The molecule has 23 heavy (non-hydrogen) atoms. The standard InChI is InChI=1S/C12H10O.C7H6O3/c13-12-8-6-11(7-9-12)10-4-2-1-3-5-10;8-6-3-1-5(2-4-6)7(9)10/h1-9,13H;1-4,8H,(H,9,10). The zero-order valence-electron chi connectivity index (χ0n) is 12.3. The van der Waals surface area contributed by atoms with Crippen molar-refractivity contribution < 1.29 is 20.1 Å². The first-order valence-corrected chi connectivity index (χ1v) is 6.93. The minimum atomic E-state index is -0.986. The first-order chi connectivity index (χ1) is 11.1. The lowest BCUT2D eigenvalue weighted by molar-refractivity contribution is 0.0697. The van der Waals surface area contributed by atoms with Gasteiger partial charge >= 0.3 is 5.97 Å². The highest BCUT2D eigenvalue weighted by atomic mass is 16.4. The lowest BCUT2D eigenvalue weighted by Crippen LogP contribution is -1.93. The third-order valence-electron chi connectivity index (χ3n) is 3.09. The summed E-state index contributed by atoms with van der Waals surface area (Å²) in [6, 6.07) is 22.7. The highest BCUT2D eigenvalue weighted by molar-refractivity contribution is 5.87. The van der Waals surface area contributed by atoms with Crippen molar-refractivity contribution in [1.29, 1.82) is 0 Å². The van der Waals surface area contributed by atoms with Gasteiger partial charge in [0.2, 0.25) is 0 Å². The van der Waals surface area contributed by atoms with Crippen molar-refractivity contribution in [2.75, 3.05) is 0 Å². The van der Waals surface area contributed by atoms with E-state index in [4.69, 9.17) is 15.3 Å². The summed E-state index contributed by atoms with van der Waals surface area (Å²) in [5, 5.41) is 26.2. The van der Waals surface area contributed by atoms with E-state index < -0.39 is 5.97 Å². The van der Waals surface area contributed by atoms with E-state index in [1.54, 1.807) is 12.1 Å². The topological polar surface area (TPSA) is 77.8 Å². The Labute approximate surface area is 133 Å². The molecular formula is C19H16O4. The molecule has 4 heteroatoms. The van der Waals surface area contributed by atoms with E-state index in [2.05, 4.69) is 0 Å². The molecule has 0 saturated heterocycles. The Morgan fingerprint density at radius 3 is 1.52 bits per heavy atom. The monoisotopic (exact) mass is 308 g/mol. The van der Waals surface area contributed by atoms with E-state index in [9.17, 15) is 4.79 Å². The number of carbonyl (C=O) groups is 1. The summed E-state index contributed by atoms with van der Waals surface area (Å²) in [5.74, 6) is -0.607. The molecular weight excluding hydrogens is 292 g/mol. The number of hydrogen-bond acceptors (Lipinski definition) is 3. The van der Waals surface area contributed by atoms with Crippen molar-refractivity contribution in [2.24, 2.45) is 0 Å². The molecule has 4 nitrogen and oxygen atoms in total. The zero-order valence-corrected chi connectivity index (χ0v) is 12.3. The fraction of sp³-hybridized carbons (Fsp3) is 0. The third kappa shape index (κ3) is 4.89. The SMILES string of the molecule is O=C(O)c1ccc(O)cc1.Oc1ccc(-c2ccccc2)cc1. The van der Waals surface area contributed by atoms with Crippen LogP contribution in [0, 0.1) is 0 Å². The van der Waals surface area contributed by atoms with Gasteiger partial charge < -0.3 is 15.3 Å². The molecule has 3 aromatic rings. The van der Waals surface area contributed by atoms with Gasteiger partial charge in [-0.05, 0) is 47.5 Å². The van der Waals surface area contributed by atoms with Gasteiger partial charge in [-0.25, -0.2) is 4.79 Å². The number of benzene rings is 3. The summed E-state index contributed by atoms with van der Waals surface area (Å²) in [5.41, 5.74) is 2.47. The smallest absolute Gasteiger partial charge is 0.335 e. The maximum Gasteiger partial charge on any atom is 0.335 e. The van der Waals surface area contributed by atoms with Crippen LogP contribution >= 0.6 is 0 Å². The Bertz CT molecular complexity index is 748. The van der Waals surface area contributed by atoms with Gasteiger partial charge in [-0.15, -0.1) is 0 Å². The summed E-state index contributed by atoms with van der Waals surface area (Å²) in [4.78, 5) is 10.2. The molecule has 0 aliphatic carbocycles. The van der Waals surface area contributed by atoms with Gasteiger partial charge in [-0.2, -0.15) is 0 Å². The lowest BCUT2D eigenvalue weighted by atomic mass is 10.1. The number of aromatic carboxylic acids is 1. The van der Waals surface area contributed by atoms with Crippen LogP contribution in [0.25, 0.3) is 11.1 Å².